The molecule has 0 radical (unpaired) electrons. The van der Waals surface area contributed by atoms with Gasteiger partial charge in [0.05, 0.1) is 23.4 Å². The number of pyridine rings is 1. The third-order valence-electron chi connectivity index (χ3n) is 4.46. The summed E-state index contributed by atoms with van der Waals surface area (Å²) in [6.45, 7) is 1.99. The highest BCUT2D eigenvalue weighted by molar-refractivity contribution is 7.92. The average Bonchev–Trinajstić information content (AvgIpc) is 3.11. The van der Waals surface area contributed by atoms with Gasteiger partial charge in [-0.2, -0.15) is 0 Å². The molecule has 0 aliphatic carbocycles. The Balaban J connectivity index is 1.75. The average molecular weight is 411 g/mol. The minimum Gasteiger partial charge on any atom is -0.495 e. The Kier molecular flexibility index (Phi) is 4.71. The largest absolute Gasteiger partial charge is 0.495 e. The zero-order chi connectivity index (χ0) is 20.6. The highest BCUT2D eigenvalue weighted by atomic mass is 32.2. The molecule has 6 nitrogen and oxygen atoms in total. The number of aryl methyl sites for hydroxylation is 1. The van der Waals surface area contributed by atoms with Crippen molar-refractivity contribution in [2.45, 2.75) is 11.8 Å². The lowest BCUT2D eigenvalue weighted by Gasteiger charge is -2.13. The number of fused-ring (bicyclic) bond motifs is 1. The molecular weight excluding hydrogens is 393 g/mol. The number of halogens is 1. The van der Waals surface area contributed by atoms with E-state index in [0.717, 1.165) is 17.3 Å². The number of imidazole rings is 1. The molecule has 8 heteroatoms. The van der Waals surface area contributed by atoms with Gasteiger partial charge in [0.1, 0.15) is 17.2 Å². The Hall–Kier alpha value is -3.39. The molecule has 0 aliphatic heterocycles. The zero-order valence-electron chi connectivity index (χ0n) is 15.8. The molecule has 0 unspecified atom stereocenters. The van der Waals surface area contributed by atoms with Gasteiger partial charge in [-0.15, -0.1) is 0 Å². The second kappa shape index (κ2) is 7.21. The first-order valence-corrected chi connectivity index (χ1v) is 10.3. The van der Waals surface area contributed by atoms with Crippen molar-refractivity contribution >= 4 is 21.4 Å². The lowest BCUT2D eigenvalue weighted by molar-refractivity contribution is 0.417. The summed E-state index contributed by atoms with van der Waals surface area (Å²) in [7, 11) is -2.55. The van der Waals surface area contributed by atoms with Crippen LogP contribution in [-0.2, 0) is 10.0 Å². The molecule has 2 heterocycles. The lowest BCUT2D eigenvalue weighted by Crippen LogP contribution is -2.14. The number of aromatic nitrogens is 2. The molecule has 0 amide bonds. The van der Waals surface area contributed by atoms with Crippen molar-refractivity contribution in [3.8, 4) is 17.0 Å². The van der Waals surface area contributed by atoms with Gasteiger partial charge in [-0.1, -0.05) is 6.07 Å². The van der Waals surface area contributed by atoms with Crippen molar-refractivity contribution in [2.24, 2.45) is 0 Å². The molecule has 0 spiro atoms. The molecule has 2 aromatic carbocycles. The van der Waals surface area contributed by atoms with Crippen LogP contribution in [0.5, 0.6) is 5.75 Å². The molecule has 0 atom stereocenters. The van der Waals surface area contributed by atoms with Crippen LogP contribution in [0.1, 0.15) is 5.56 Å². The minimum atomic E-state index is -3.99. The maximum absolute atomic E-state index is 13.5. The van der Waals surface area contributed by atoms with Crippen LogP contribution in [0.15, 0.2) is 71.9 Å². The van der Waals surface area contributed by atoms with E-state index in [1.54, 1.807) is 18.2 Å². The number of rotatable bonds is 5. The molecule has 4 rings (SSSR count). The van der Waals surface area contributed by atoms with E-state index < -0.39 is 15.8 Å². The Morgan fingerprint density at radius 2 is 1.93 bits per heavy atom. The number of benzene rings is 2. The summed E-state index contributed by atoms with van der Waals surface area (Å²) >= 11 is 0. The van der Waals surface area contributed by atoms with Crippen LogP contribution in [0.25, 0.3) is 16.9 Å². The highest BCUT2D eigenvalue weighted by Crippen LogP contribution is 2.32. The van der Waals surface area contributed by atoms with Gasteiger partial charge in [-0.25, -0.2) is 17.8 Å². The van der Waals surface area contributed by atoms with Crippen LogP contribution in [0.3, 0.4) is 0 Å². The van der Waals surface area contributed by atoms with E-state index in [1.807, 2.05) is 35.9 Å². The number of hydrogen-bond acceptors (Lipinski definition) is 4. The fraction of sp³-hybridized carbons (Fsp3) is 0.0952. The first-order valence-electron chi connectivity index (χ1n) is 8.78. The Labute approximate surface area is 167 Å². The third-order valence-corrected chi connectivity index (χ3v) is 5.82. The van der Waals surface area contributed by atoms with Crippen molar-refractivity contribution < 1.29 is 17.5 Å². The van der Waals surface area contributed by atoms with Gasteiger partial charge in [0.2, 0.25) is 0 Å². The summed E-state index contributed by atoms with van der Waals surface area (Å²) in [5, 5.41) is 0. The van der Waals surface area contributed by atoms with Gasteiger partial charge < -0.3 is 9.14 Å². The van der Waals surface area contributed by atoms with Gasteiger partial charge in [0.25, 0.3) is 10.0 Å². The van der Waals surface area contributed by atoms with Crippen molar-refractivity contribution in [3.63, 3.8) is 0 Å². The molecule has 4 aromatic rings. The molecule has 1 N–H and O–H groups in total. The quantitative estimate of drug-likeness (QED) is 0.533. The number of hydrogen-bond donors (Lipinski definition) is 1. The van der Waals surface area contributed by atoms with Crippen LogP contribution in [0, 0.1) is 12.7 Å². The molecular formula is C21H18FN3O3S. The van der Waals surface area contributed by atoms with E-state index in [2.05, 4.69) is 9.71 Å². The van der Waals surface area contributed by atoms with Gasteiger partial charge in [0.15, 0.2) is 0 Å². The van der Waals surface area contributed by atoms with Crippen molar-refractivity contribution in [3.05, 3.63) is 78.4 Å². The van der Waals surface area contributed by atoms with E-state index in [9.17, 15) is 12.8 Å². The minimum absolute atomic E-state index is 0.173. The van der Waals surface area contributed by atoms with Crippen LogP contribution < -0.4 is 9.46 Å². The Morgan fingerprint density at radius 3 is 2.69 bits per heavy atom. The van der Waals surface area contributed by atoms with Crippen LogP contribution in [0.4, 0.5) is 10.1 Å². The summed E-state index contributed by atoms with van der Waals surface area (Å²) in [5.41, 5.74) is 3.52. The predicted octanol–water partition coefficient (Wildman–Crippen LogP) is 4.26. The lowest BCUT2D eigenvalue weighted by atomic mass is 10.1. The van der Waals surface area contributed by atoms with Crippen molar-refractivity contribution in [1.82, 2.24) is 9.38 Å². The van der Waals surface area contributed by atoms with Crippen LogP contribution in [0.2, 0.25) is 0 Å². The van der Waals surface area contributed by atoms with Gasteiger partial charge in [0, 0.05) is 18.0 Å². The predicted molar refractivity (Wildman–Crippen MR) is 109 cm³/mol. The third kappa shape index (κ3) is 3.79. The molecule has 0 bridgehead atoms. The molecule has 0 fully saturated rings. The van der Waals surface area contributed by atoms with Crippen LogP contribution >= 0.6 is 0 Å². The molecule has 0 saturated heterocycles. The second-order valence-electron chi connectivity index (χ2n) is 6.57. The second-order valence-corrected chi connectivity index (χ2v) is 8.26. The Morgan fingerprint density at radius 1 is 1.10 bits per heavy atom. The van der Waals surface area contributed by atoms with Crippen molar-refractivity contribution in [2.75, 3.05) is 11.8 Å². The number of nitrogens with zero attached hydrogens (tertiary/aromatic N) is 2. The monoisotopic (exact) mass is 411 g/mol. The first kappa shape index (κ1) is 18.9. The summed E-state index contributed by atoms with van der Waals surface area (Å²) in [6.07, 6.45) is 3.78. The fourth-order valence-electron chi connectivity index (χ4n) is 3.01. The maximum Gasteiger partial charge on any atom is 0.262 e. The van der Waals surface area contributed by atoms with Gasteiger partial charge >= 0.3 is 0 Å². The van der Waals surface area contributed by atoms with E-state index >= 15 is 0 Å². The smallest absolute Gasteiger partial charge is 0.262 e. The number of ether oxygens (including phenoxy) is 1. The summed E-state index contributed by atoms with van der Waals surface area (Å²) in [4.78, 5) is 4.43. The summed E-state index contributed by atoms with van der Waals surface area (Å²) in [6, 6.07) is 13.9. The van der Waals surface area contributed by atoms with Gasteiger partial charge in [-0.3, -0.25) is 4.72 Å². The standard InChI is InChI=1S/C21H18FN3O3S/c1-14-8-9-25-13-19(23-21(25)10-14)15-6-7-20(28-2)18(11-15)24-29(26,27)17-5-3-4-16(22)12-17/h3-13,24H,1-2H3. The molecule has 0 aliphatic rings. The summed E-state index contributed by atoms with van der Waals surface area (Å²) in [5.74, 6) is -0.290. The molecule has 2 aromatic heterocycles. The molecule has 29 heavy (non-hydrogen) atoms. The zero-order valence-corrected chi connectivity index (χ0v) is 16.6. The van der Waals surface area contributed by atoms with E-state index in [-0.39, 0.29) is 10.6 Å². The van der Waals surface area contributed by atoms with Gasteiger partial charge in [-0.05, 0) is 61.0 Å². The van der Waals surface area contributed by atoms with Crippen molar-refractivity contribution in [1.29, 1.82) is 0 Å². The molecule has 148 valence electrons. The fourth-order valence-corrected chi connectivity index (χ4v) is 4.10. The maximum atomic E-state index is 13.5. The normalized spacial score (nSPS) is 11.6. The number of nitrogens with one attached hydrogen (secondary N) is 1. The highest BCUT2D eigenvalue weighted by Gasteiger charge is 2.18. The summed E-state index contributed by atoms with van der Waals surface area (Å²) < 4.78 is 48.5. The van der Waals surface area contributed by atoms with E-state index in [0.29, 0.717) is 17.0 Å². The molecule has 0 saturated carbocycles. The van der Waals surface area contributed by atoms with Crippen LogP contribution in [-0.4, -0.2) is 24.9 Å². The Bertz CT molecular complexity index is 1320. The first-order chi connectivity index (χ1) is 13.9. The SMILES string of the molecule is COc1ccc(-c2cn3ccc(C)cc3n2)cc1NS(=O)(=O)c1cccc(F)c1. The number of methoxy groups -OCH3 is 1. The number of sulfonamides is 1. The van der Waals surface area contributed by atoms with E-state index in [1.165, 1.54) is 25.3 Å². The van der Waals surface area contributed by atoms with E-state index in [4.69, 9.17) is 4.74 Å². The topological polar surface area (TPSA) is 72.7 Å². The number of anilines is 1.